The van der Waals surface area contributed by atoms with Crippen LogP contribution in [0.2, 0.25) is 0 Å². The third kappa shape index (κ3) is 1.63. The molecule has 72 valence electrons. The van der Waals surface area contributed by atoms with Crippen molar-refractivity contribution in [2.24, 2.45) is 0 Å². The van der Waals surface area contributed by atoms with Gasteiger partial charge in [-0.1, -0.05) is 0 Å². The van der Waals surface area contributed by atoms with Gasteiger partial charge in [-0.15, -0.1) is 12.6 Å². The second-order valence-electron chi connectivity index (χ2n) is 2.38. The highest BCUT2D eigenvalue weighted by atomic mass is 32.1. The monoisotopic (exact) mass is 210 g/mol. The summed E-state index contributed by atoms with van der Waals surface area (Å²) in [5.41, 5.74) is -0.129. The second-order valence-corrected chi connectivity index (χ2v) is 2.83. The molecule has 0 radical (unpaired) electrons. The fraction of sp³-hybridized carbons (Fsp3) is 0.125. The first-order chi connectivity index (χ1) is 6.61. The highest BCUT2D eigenvalue weighted by molar-refractivity contribution is 7.80. The number of nitro groups is 1. The highest BCUT2D eigenvalue weighted by Gasteiger charge is 2.21. The van der Waals surface area contributed by atoms with Crippen LogP contribution in [0.25, 0.3) is 0 Å². The molecule has 0 N–H and O–H groups in total. The average Bonchev–Trinajstić information content (AvgIpc) is 2.16. The molecule has 0 aliphatic carbocycles. The van der Waals surface area contributed by atoms with E-state index in [1.54, 1.807) is 6.07 Å². The first kappa shape index (κ1) is 10.3. The van der Waals surface area contributed by atoms with E-state index in [0.717, 1.165) is 0 Å². The predicted octanol–water partition coefficient (Wildman–Crippen LogP) is 1.76. The standard InChI is InChI=1S/C8H6N2O3S/c1-13-6-3-2-5(4-9)8(14)7(6)10(11)12/h2-3,14H,1H3. The molecule has 1 rings (SSSR count). The van der Waals surface area contributed by atoms with E-state index in [1.807, 2.05) is 0 Å². The highest BCUT2D eigenvalue weighted by Crippen LogP contribution is 2.35. The SMILES string of the molecule is COc1ccc(C#N)c(S)c1[N+](=O)[O-]. The zero-order valence-electron chi connectivity index (χ0n) is 7.22. The molecule has 14 heavy (non-hydrogen) atoms. The summed E-state index contributed by atoms with van der Waals surface area (Å²) < 4.78 is 4.79. The van der Waals surface area contributed by atoms with Crippen LogP contribution in [0.4, 0.5) is 5.69 Å². The Balaban J connectivity index is 3.49. The Bertz CT molecular complexity index is 425. The van der Waals surface area contributed by atoms with Crippen LogP contribution in [-0.4, -0.2) is 12.0 Å². The minimum absolute atomic E-state index is 0.0249. The Morgan fingerprint density at radius 1 is 1.64 bits per heavy atom. The second kappa shape index (κ2) is 3.98. The Morgan fingerprint density at radius 2 is 2.29 bits per heavy atom. The molecule has 0 aliphatic heterocycles. The lowest BCUT2D eigenvalue weighted by Crippen LogP contribution is -1.96. The van der Waals surface area contributed by atoms with Crippen LogP contribution in [0.1, 0.15) is 5.56 Å². The zero-order valence-corrected chi connectivity index (χ0v) is 8.12. The number of rotatable bonds is 2. The normalized spacial score (nSPS) is 9.21. The molecule has 1 aromatic rings. The van der Waals surface area contributed by atoms with E-state index in [-0.39, 0.29) is 21.9 Å². The third-order valence-electron chi connectivity index (χ3n) is 1.64. The Hall–Kier alpha value is -1.74. The lowest BCUT2D eigenvalue weighted by molar-refractivity contribution is -0.388. The number of methoxy groups -OCH3 is 1. The van der Waals surface area contributed by atoms with E-state index in [9.17, 15) is 10.1 Å². The number of ether oxygens (including phenoxy) is 1. The molecule has 0 saturated heterocycles. The fourth-order valence-electron chi connectivity index (χ4n) is 0.993. The van der Waals surface area contributed by atoms with Crippen LogP contribution in [0, 0.1) is 21.4 Å². The molecule has 0 aliphatic rings. The van der Waals surface area contributed by atoms with Crippen LogP contribution < -0.4 is 4.74 Å². The fourth-order valence-corrected chi connectivity index (χ4v) is 1.31. The molecule has 0 atom stereocenters. The van der Waals surface area contributed by atoms with E-state index in [2.05, 4.69) is 12.6 Å². The predicted molar refractivity (Wildman–Crippen MR) is 51.6 cm³/mol. The summed E-state index contributed by atoms with van der Waals surface area (Å²) in [5.74, 6) is 0.0963. The molecule has 0 bridgehead atoms. The van der Waals surface area contributed by atoms with Gasteiger partial charge in [0.05, 0.1) is 17.6 Å². The molecule has 0 amide bonds. The van der Waals surface area contributed by atoms with Gasteiger partial charge in [-0.25, -0.2) is 0 Å². The maximum atomic E-state index is 10.6. The van der Waals surface area contributed by atoms with E-state index in [1.165, 1.54) is 19.2 Å². The van der Waals surface area contributed by atoms with Crippen molar-refractivity contribution in [3.8, 4) is 11.8 Å². The molecule has 1 aromatic carbocycles. The minimum Gasteiger partial charge on any atom is -0.490 e. The summed E-state index contributed by atoms with van der Waals surface area (Å²) in [6.45, 7) is 0. The molecule has 0 saturated carbocycles. The van der Waals surface area contributed by atoms with Gasteiger partial charge >= 0.3 is 5.69 Å². The smallest absolute Gasteiger partial charge is 0.325 e. The van der Waals surface area contributed by atoms with E-state index in [0.29, 0.717) is 0 Å². The number of nitriles is 1. The summed E-state index contributed by atoms with van der Waals surface area (Å²) in [4.78, 5) is 10.0. The van der Waals surface area contributed by atoms with Gasteiger partial charge in [0.15, 0.2) is 5.75 Å². The van der Waals surface area contributed by atoms with Crippen LogP contribution in [-0.2, 0) is 0 Å². The van der Waals surface area contributed by atoms with Gasteiger partial charge in [0.1, 0.15) is 11.0 Å². The quantitative estimate of drug-likeness (QED) is 0.458. The first-order valence-corrected chi connectivity index (χ1v) is 4.01. The molecule has 0 fully saturated rings. The van der Waals surface area contributed by atoms with Gasteiger partial charge < -0.3 is 4.74 Å². The molecule has 5 nitrogen and oxygen atoms in total. The number of hydrogen-bond donors (Lipinski definition) is 1. The summed E-state index contributed by atoms with van der Waals surface area (Å²) in [6.07, 6.45) is 0. The van der Waals surface area contributed by atoms with E-state index < -0.39 is 4.92 Å². The van der Waals surface area contributed by atoms with Gasteiger partial charge in [0, 0.05) is 0 Å². The molecule has 0 spiro atoms. The Kier molecular flexibility index (Phi) is 2.94. The zero-order chi connectivity index (χ0) is 10.7. The van der Waals surface area contributed by atoms with Crippen molar-refractivity contribution in [1.29, 1.82) is 5.26 Å². The van der Waals surface area contributed by atoms with E-state index in [4.69, 9.17) is 10.00 Å². The lowest BCUT2D eigenvalue weighted by Gasteiger charge is -2.03. The number of nitro benzene ring substituents is 1. The Labute approximate surface area is 85.5 Å². The van der Waals surface area contributed by atoms with Crippen molar-refractivity contribution in [3.05, 3.63) is 27.8 Å². The summed E-state index contributed by atoms with van der Waals surface area (Å²) in [6, 6.07) is 4.60. The van der Waals surface area contributed by atoms with Gasteiger partial charge in [0.25, 0.3) is 0 Å². The van der Waals surface area contributed by atoms with Crippen LogP contribution in [0.5, 0.6) is 5.75 Å². The first-order valence-electron chi connectivity index (χ1n) is 3.56. The maximum Gasteiger partial charge on any atom is 0.325 e. The number of thiol groups is 1. The van der Waals surface area contributed by atoms with Gasteiger partial charge in [-0.05, 0) is 12.1 Å². The van der Waals surface area contributed by atoms with Gasteiger partial charge in [-0.3, -0.25) is 10.1 Å². The van der Waals surface area contributed by atoms with Crippen LogP contribution in [0.3, 0.4) is 0 Å². The third-order valence-corrected chi connectivity index (χ3v) is 2.09. The number of nitrogens with zero attached hydrogens (tertiary/aromatic N) is 2. The molecule has 0 unspecified atom stereocenters. The van der Waals surface area contributed by atoms with Crippen molar-refractivity contribution in [3.63, 3.8) is 0 Å². The van der Waals surface area contributed by atoms with Crippen molar-refractivity contribution in [1.82, 2.24) is 0 Å². The molecular weight excluding hydrogens is 204 g/mol. The molecule has 6 heteroatoms. The molecule has 0 aromatic heterocycles. The topological polar surface area (TPSA) is 76.2 Å². The largest absolute Gasteiger partial charge is 0.490 e. The molecular formula is C8H6N2O3S. The Morgan fingerprint density at radius 3 is 2.71 bits per heavy atom. The number of hydrogen-bond acceptors (Lipinski definition) is 5. The summed E-state index contributed by atoms with van der Waals surface area (Å²) >= 11 is 3.91. The van der Waals surface area contributed by atoms with Crippen molar-refractivity contribution < 1.29 is 9.66 Å². The summed E-state index contributed by atoms with van der Waals surface area (Å²) in [5, 5.41) is 19.3. The van der Waals surface area contributed by atoms with Crippen LogP contribution >= 0.6 is 12.6 Å². The van der Waals surface area contributed by atoms with E-state index >= 15 is 0 Å². The molecule has 0 heterocycles. The van der Waals surface area contributed by atoms with Crippen molar-refractivity contribution in [2.45, 2.75) is 4.90 Å². The van der Waals surface area contributed by atoms with Gasteiger partial charge in [-0.2, -0.15) is 5.26 Å². The maximum absolute atomic E-state index is 10.6. The average molecular weight is 210 g/mol. The van der Waals surface area contributed by atoms with Crippen LogP contribution in [0.15, 0.2) is 17.0 Å². The van der Waals surface area contributed by atoms with Crippen molar-refractivity contribution in [2.75, 3.05) is 7.11 Å². The lowest BCUT2D eigenvalue weighted by atomic mass is 10.2. The number of benzene rings is 1. The van der Waals surface area contributed by atoms with Crippen molar-refractivity contribution >= 4 is 18.3 Å². The summed E-state index contributed by atoms with van der Waals surface area (Å²) in [7, 11) is 1.32. The van der Waals surface area contributed by atoms with Gasteiger partial charge in [0.2, 0.25) is 0 Å². The minimum atomic E-state index is -0.623.